The number of carbonyl (C=O) groups excluding carboxylic acids is 1. The molecule has 0 N–H and O–H groups in total. The summed E-state index contributed by atoms with van der Waals surface area (Å²) in [6.07, 6.45) is -0.0387. The van der Waals surface area contributed by atoms with Gasteiger partial charge in [-0.25, -0.2) is 22.0 Å². The molecule has 0 aromatic heterocycles. The summed E-state index contributed by atoms with van der Waals surface area (Å²) in [4.78, 5) is 12.2. The minimum atomic E-state index is -2.24. The molecule has 0 radical (unpaired) electrons. The maximum absolute atomic E-state index is 13.5. The molecule has 1 fully saturated rings. The zero-order chi connectivity index (χ0) is 14.3. The molecule has 1 aliphatic rings. The zero-order valence-corrected chi connectivity index (χ0v) is 10.3. The molecule has 0 spiro atoms. The second kappa shape index (κ2) is 4.99. The summed E-state index contributed by atoms with van der Waals surface area (Å²) in [6, 6.07) is 0. The predicted molar refractivity (Wildman–Crippen MR) is 60.5 cm³/mol. The third-order valence-electron chi connectivity index (χ3n) is 2.92. The Morgan fingerprint density at radius 2 is 1.47 bits per heavy atom. The van der Waals surface area contributed by atoms with Crippen molar-refractivity contribution in [3.63, 3.8) is 0 Å². The molecule has 19 heavy (non-hydrogen) atoms. The van der Waals surface area contributed by atoms with Crippen LogP contribution in [0.3, 0.4) is 0 Å². The van der Waals surface area contributed by atoms with Crippen LogP contribution in [-0.4, -0.2) is 18.2 Å². The summed E-state index contributed by atoms with van der Waals surface area (Å²) in [5.41, 5.74) is -1.19. The van der Waals surface area contributed by atoms with E-state index in [1.54, 1.807) is 0 Å². The minimum Gasteiger partial charge on any atom is -0.307 e. The van der Waals surface area contributed by atoms with E-state index < -0.39 is 40.7 Å². The van der Waals surface area contributed by atoms with E-state index in [-0.39, 0.29) is 24.6 Å². The monoisotopic (exact) mass is 297 g/mol. The third kappa shape index (κ3) is 2.18. The minimum absolute atomic E-state index is 0.0387. The van der Waals surface area contributed by atoms with Gasteiger partial charge >= 0.3 is 0 Å². The van der Waals surface area contributed by atoms with E-state index in [9.17, 15) is 26.7 Å². The summed E-state index contributed by atoms with van der Waals surface area (Å²) in [5, 5.41) is 0. The van der Waals surface area contributed by atoms with Crippen LogP contribution in [0, 0.1) is 35.0 Å². The van der Waals surface area contributed by atoms with Crippen LogP contribution < -0.4 is 4.90 Å². The number of amides is 1. The van der Waals surface area contributed by atoms with Gasteiger partial charge in [0, 0.05) is 13.0 Å². The zero-order valence-electron chi connectivity index (χ0n) is 9.39. The number of carbonyl (C=O) groups is 1. The standard InChI is InChI=1S/C11H8F5NOS/c12-6-7(13)9(15)11(10(16)8(6)14)17-2-4(3-19)1-5(17)18/h4,19H,1-3H2. The van der Waals surface area contributed by atoms with Crippen LogP contribution >= 0.6 is 12.6 Å². The van der Waals surface area contributed by atoms with Crippen molar-refractivity contribution >= 4 is 24.2 Å². The maximum Gasteiger partial charge on any atom is 0.227 e. The Morgan fingerprint density at radius 1 is 1.00 bits per heavy atom. The van der Waals surface area contributed by atoms with Crippen LogP contribution in [0.4, 0.5) is 27.6 Å². The Hall–Kier alpha value is -1.31. The Kier molecular flexibility index (Phi) is 3.71. The highest BCUT2D eigenvalue weighted by Gasteiger charge is 2.36. The number of hydrogen-bond acceptors (Lipinski definition) is 2. The molecular formula is C11H8F5NOS. The fourth-order valence-electron chi connectivity index (χ4n) is 1.95. The number of halogens is 5. The highest BCUT2D eigenvalue weighted by Crippen LogP contribution is 2.34. The van der Waals surface area contributed by atoms with Gasteiger partial charge in [0.15, 0.2) is 23.3 Å². The van der Waals surface area contributed by atoms with Crippen molar-refractivity contribution in [1.82, 2.24) is 0 Å². The van der Waals surface area contributed by atoms with Crippen molar-refractivity contribution < 1.29 is 26.7 Å². The highest BCUT2D eigenvalue weighted by molar-refractivity contribution is 7.80. The van der Waals surface area contributed by atoms with Crippen LogP contribution in [-0.2, 0) is 4.79 Å². The van der Waals surface area contributed by atoms with Crippen LogP contribution in [0.5, 0.6) is 0 Å². The molecule has 2 nitrogen and oxygen atoms in total. The molecule has 1 atom stereocenters. The van der Waals surface area contributed by atoms with Crippen molar-refractivity contribution in [2.75, 3.05) is 17.2 Å². The fourth-order valence-corrected chi connectivity index (χ4v) is 2.19. The number of thiol groups is 1. The smallest absolute Gasteiger partial charge is 0.227 e. The molecule has 0 bridgehead atoms. The Labute approximate surface area is 110 Å². The molecule has 1 aromatic carbocycles. The summed E-state index contributed by atoms with van der Waals surface area (Å²) in [6.45, 7) is -0.124. The molecular weight excluding hydrogens is 289 g/mol. The maximum atomic E-state index is 13.5. The van der Waals surface area contributed by atoms with Gasteiger partial charge in [-0.15, -0.1) is 0 Å². The number of nitrogens with zero attached hydrogens (tertiary/aromatic N) is 1. The average Bonchev–Trinajstić information content (AvgIpc) is 2.76. The first-order valence-electron chi connectivity index (χ1n) is 5.31. The predicted octanol–water partition coefficient (Wildman–Crippen LogP) is 2.66. The van der Waals surface area contributed by atoms with E-state index in [1.807, 2.05) is 0 Å². The van der Waals surface area contributed by atoms with E-state index in [0.29, 0.717) is 4.90 Å². The van der Waals surface area contributed by atoms with Crippen LogP contribution in [0.15, 0.2) is 0 Å². The molecule has 8 heteroatoms. The van der Waals surface area contributed by atoms with Gasteiger partial charge in [-0.05, 0) is 11.7 Å². The number of hydrogen-bond donors (Lipinski definition) is 1. The SMILES string of the molecule is O=C1CC(CS)CN1c1c(F)c(F)c(F)c(F)c1F. The average molecular weight is 297 g/mol. The molecule has 0 aliphatic carbocycles. The highest BCUT2D eigenvalue weighted by atomic mass is 32.1. The van der Waals surface area contributed by atoms with E-state index in [2.05, 4.69) is 12.6 Å². The Morgan fingerprint density at radius 3 is 1.89 bits per heavy atom. The Bertz CT molecular complexity index is 521. The van der Waals surface area contributed by atoms with Gasteiger partial charge in [-0.3, -0.25) is 4.79 Å². The van der Waals surface area contributed by atoms with Gasteiger partial charge in [0.1, 0.15) is 5.69 Å². The lowest BCUT2D eigenvalue weighted by Crippen LogP contribution is -2.28. The first-order chi connectivity index (χ1) is 8.88. The lowest BCUT2D eigenvalue weighted by molar-refractivity contribution is -0.117. The molecule has 1 aromatic rings. The van der Waals surface area contributed by atoms with E-state index in [0.717, 1.165) is 0 Å². The van der Waals surface area contributed by atoms with Crippen LogP contribution in [0.25, 0.3) is 0 Å². The first kappa shape index (κ1) is 14.1. The van der Waals surface area contributed by atoms with E-state index in [1.165, 1.54) is 0 Å². The second-order valence-electron chi connectivity index (χ2n) is 4.18. The second-order valence-corrected chi connectivity index (χ2v) is 4.54. The molecule has 1 unspecified atom stereocenters. The normalized spacial score (nSPS) is 19.4. The topological polar surface area (TPSA) is 20.3 Å². The van der Waals surface area contributed by atoms with Gasteiger partial charge in [0.25, 0.3) is 0 Å². The van der Waals surface area contributed by atoms with Crippen molar-refractivity contribution in [3.05, 3.63) is 29.1 Å². The molecule has 1 amide bonds. The van der Waals surface area contributed by atoms with Crippen LogP contribution in [0.1, 0.15) is 6.42 Å². The summed E-state index contributed by atoms with van der Waals surface area (Å²) < 4.78 is 66.0. The van der Waals surface area contributed by atoms with Gasteiger partial charge in [0.05, 0.1) is 0 Å². The number of benzene rings is 1. The lowest BCUT2D eigenvalue weighted by Gasteiger charge is -2.18. The van der Waals surface area contributed by atoms with Gasteiger partial charge in [-0.2, -0.15) is 12.6 Å². The summed E-state index contributed by atoms with van der Waals surface area (Å²) in [5.74, 6) is -11.1. The van der Waals surface area contributed by atoms with Crippen LogP contribution in [0.2, 0.25) is 0 Å². The number of rotatable bonds is 2. The van der Waals surface area contributed by atoms with Crippen molar-refractivity contribution in [2.45, 2.75) is 6.42 Å². The largest absolute Gasteiger partial charge is 0.307 e. The molecule has 1 heterocycles. The molecule has 1 aliphatic heterocycles. The van der Waals surface area contributed by atoms with Crippen molar-refractivity contribution in [3.8, 4) is 0 Å². The molecule has 1 saturated heterocycles. The summed E-state index contributed by atoms with van der Waals surface area (Å²) in [7, 11) is 0. The molecule has 2 rings (SSSR count). The first-order valence-corrected chi connectivity index (χ1v) is 5.94. The quantitative estimate of drug-likeness (QED) is 0.385. The van der Waals surface area contributed by atoms with Gasteiger partial charge < -0.3 is 4.90 Å². The van der Waals surface area contributed by atoms with Crippen molar-refractivity contribution in [1.29, 1.82) is 0 Å². The van der Waals surface area contributed by atoms with E-state index in [4.69, 9.17) is 0 Å². The van der Waals surface area contributed by atoms with E-state index >= 15 is 0 Å². The Balaban J connectivity index is 2.55. The van der Waals surface area contributed by atoms with Gasteiger partial charge in [-0.1, -0.05) is 0 Å². The fraction of sp³-hybridized carbons (Fsp3) is 0.364. The van der Waals surface area contributed by atoms with Crippen molar-refractivity contribution in [2.24, 2.45) is 5.92 Å². The third-order valence-corrected chi connectivity index (χ3v) is 3.44. The molecule has 0 saturated carbocycles. The summed E-state index contributed by atoms with van der Waals surface area (Å²) >= 11 is 3.94. The number of anilines is 1. The van der Waals surface area contributed by atoms with Gasteiger partial charge in [0.2, 0.25) is 11.7 Å². The molecule has 104 valence electrons. The lowest BCUT2D eigenvalue weighted by atomic mass is 10.1.